The quantitative estimate of drug-likeness (QED) is 0.409. The number of rotatable bonds is 6. The number of anilines is 1. The second-order valence-electron chi connectivity index (χ2n) is 6.87. The first-order valence-electron chi connectivity index (χ1n) is 9.63. The fourth-order valence-electron chi connectivity index (χ4n) is 3.08. The largest absolute Gasteiger partial charge is 0.349 e. The molecule has 0 saturated carbocycles. The maximum absolute atomic E-state index is 13.8. The summed E-state index contributed by atoms with van der Waals surface area (Å²) in [6.07, 6.45) is 6.59. The highest BCUT2D eigenvalue weighted by Crippen LogP contribution is 2.32. The average molecular weight is 471 g/mol. The number of fused-ring (bicyclic) bond motifs is 1. The number of urea groups is 1. The lowest BCUT2D eigenvalue weighted by Gasteiger charge is -2.17. The predicted molar refractivity (Wildman–Crippen MR) is 118 cm³/mol. The molecular formula is C20H18FN7O4S. The Morgan fingerprint density at radius 1 is 1.18 bits per heavy atom. The molecule has 0 unspecified atom stereocenters. The number of nitrogens with one attached hydrogen (secondary N) is 2. The Bertz CT molecular complexity index is 1430. The number of nitrogens with zero attached hydrogens (tertiary/aromatic N) is 5. The van der Waals surface area contributed by atoms with Crippen molar-refractivity contribution in [1.29, 1.82) is 0 Å². The van der Waals surface area contributed by atoms with Gasteiger partial charge in [-0.15, -0.1) is 4.28 Å². The second kappa shape index (κ2) is 8.88. The molecule has 0 fully saturated rings. The number of aromatic amines is 1. The first-order chi connectivity index (χ1) is 15.7. The van der Waals surface area contributed by atoms with Crippen molar-refractivity contribution < 1.29 is 21.9 Å². The number of hydrogen-bond donors (Lipinski definition) is 2. The Balaban J connectivity index is 1.78. The van der Waals surface area contributed by atoms with Crippen LogP contribution in [-0.4, -0.2) is 57.2 Å². The van der Waals surface area contributed by atoms with Crippen molar-refractivity contribution in [2.75, 3.05) is 18.1 Å². The summed E-state index contributed by atoms with van der Waals surface area (Å²) in [5, 5.41) is 3.12. The minimum Gasteiger partial charge on any atom is -0.324 e. The zero-order chi connectivity index (χ0) is 23.6. The number of halogens is 1. The average Bonchev–Trinajstić information content (AvgIpc) is 3.19. The molecule has 0 atom stereocenters. The summed E-state index contributed by atoms with van der Waals surface area (Å²) in [7, 11) is -3.90. The van der Waals surface area contributed by atoms with Gasteiger partial charge >= 0.3 is 6.03 Å². The van der Waals surface area contributed by atoms with Crippen LogP contribution in [0.1, 0.15) is 6.92 Å². The van der Waals surface area contributed by atoms with Gasteiger partial charge in [0.2, 0.25) is 5.95 Å². The van der Waals surface area contributed by atoms with Gasteiger partial charge < -0.3 is 4.98 Å². The lowest BCUT2D eigenvalue weighted by atomic mass is 10.0. The first kappa shape index (κ1) is 22.2. The number of hydroxylamine groups is 2. The SMILES string of the molecule is CCN(OS(C)(=O)=O)C(=O)Nc1nc2c(-c3ncccn3)cc(-c3cncc(F)c3)cc2[nH]1. The van der Waals surface area contributed by atoms with Gasteiger partial charge in [-0.25, -0.2) is 24.1 Å². The van der Waals surface area contributed by atoms with Crippen LogP contribution in [0.15, 0.2) is 49.1 Å². The number of amides is 2. The van der Waals surface area contributed by atoms with Crippen LogP contribution in [0, 0.1) is 5.82 Å². The third-order valence-electron chi connectivity index (χ3n) is 4.40. The Labute approximate surface area is 187 Å². The van der Waals surface area contributed by atoms with E-state index in [0.29, 0.717) is 38.6 Å². The lowest BCUT2D eigenvalue weighted by Crippen LogP contribution is -2.36. The predicted octanol–water partition coefficient (Wildman–Crippen LogP) is 2.97. The van der Waals surface area contributed by atoms with Gasteiger partial charge in [0.25, 0.3) is 10.1 Å². The number of benzene rings is 1. The third-order valence-corrected chi connectivity index (χ3v) is 4.85. The summed E-state index contributed by atoms with van der Waals surface area (Å²) in [6, 6.07) is 5.62. The van der Waals surface area contributed by atoms with Gasteiger partial charge in [-0.2, -0.15) is 13.5 Å². The van der Waals surface area contributed by atoms with Crippen LogP contribution < -0.4 is 5.32 Å². The number of pyridine rings is 1. The van der Waals surface area contributed by atoms with Gasteiger partial charge in [-0.3, -0.25) is 10.3 Å². The maximum atomic E-state index is 13.8. The van der Waals surface area contributed by atoms with Crippen molar-refractivity contribution in [3.8, 4) is 22.5 Å². The first-order valence-corrected chi connectivity index (χ1v) is 11.5. The van der Waals surface area contributed by atoms with E-state index in [1.54, 1.807) is 37.5 Å². The standard InChI is InChI=1S/C20H18FN7O4S/c1-3-28(32-33(2,30)31)20(29)27-19-25-16-9-12(13-7-14(21)11-22-10-13)8-15(17(16)26-19)18-23-5-4-6-24-18/h4-11H,3H2,1-2H3,(H2,25,26,27,29). The molecule has 13 heteroatoms. The Hall–Kier alpha value is -3.97. The maximum Gasteiger partial charge on any atom is 0.349 e. The molecule has 4 rings (SSSR count). The van der Waals surface area contributed by atoms with E-state index >= 15 is 0 Å². The second-order valence-corrected chi connectivity index (χ2v) is 8.43. The minimum absolute atomic E-state index is 0.0288. The normalized spacial score (nSPS) is 11.5. The van der Waals surface area contributed by atoms with E-state index in [-0.39, 0.29) is 12.5 Å². The summed E-state index contributed by atoms with van der Waals surface area (Å²) in [4.78, 5) is 32.3. The number of imidazole rings is 1. The molecule has 0 aliphatic heterocycles. The summed E-state index contributed by atoms with van der Waals surface area (Å²) < 4.78 is 41.2. The highest BCUT2D eigenvalue weighted by Gasteiger charge is 2.20. The van der Waals surface area contributed by atoms with Crippen LogP contribution >= 0.6 is 0 Å². The summed E-state index contributed by atoms with van der Waals surface area (Å²) in [5.41, 5.74) is 2.61. The van der Waals surface area contributed by atoms with E-state index in [4.69, 9.17) is 0 Å². The molecule has 2 N–H and O–H groups in total. The van der Waals surface area contributed by atoms with E-state index in [0.717, 1.165) is 12.5 Å². The highest BCUT2D eigenvalue weighted by atomic mass is 32.2. The Morgan fingerprint density at radius 3 is 2.61 bits per heavy atom. The lowest BCUT2D eigenvalue weighted by molar-refractivity contribution is 0.00642. The van der Waals surface area contributed by atoms with Crippen molar-refractivity contribution in [2.24, 2.45) is 0 Å². The molecule has 170 valence electrons. The number of hydrogen-bond acceptors (Lipinski definition) is 8. The number of carbonyl (C=O) groups is 1. The molecule has 0 spiro atoms. The van der Waals surface area contributed by atoms with Crippen molar-refractivity contribution >= 4 is 33.1 Å². The third kappa shape index (κ3) is 5.10. The smallest absolute Gasteiger partial charge is 0.324 e. The molecule has 1 aromatic carbocycles. The number of H-pyrrole nitrogens is 1. The van der Waals surface area contributed by atoms with Crippen LogP contribution in [0.2, 0.25) is 0 Å². The molecular weight excluding hydrogens is 453 g/mol. The molecule has 0 aliphatic rings. The number of aromatic nitrogens is 5. The van der Waals surface area contributed by atoms with Crippen molar-refractivity contribution in [2.45, 2.75) is 6.92 Å². The van der Waals surface area contributed by atoms with Crippen LogP contribution in [-0.2, 0) is 14.4 Å². The van der Waals surface area contributed by atoms with Crippen LogP contribution in [0.25, 0.3) is 33.5 Å². The molecule has 3 heterocycles. The van der Waals surface area contributed by atoms with Gasteiger partial charge in [0.15, 0.2) is 5.82 Å². The van der Waals surface area contributed by atoms with E-state index in [1.807, 2.05) is 0 Å². The van der Waals surface area contributed by atoms with E-state index < -0.39 is 22.0 Å². The van der Waals surface area contributed by atoms with E-state index in [2.05, 4.69) is 34.5 Å². The minimum atomic E-state index is -3.90. The van der Waals surface area contributed by atoms with Gasteiger partial charge in [-0.1, -0.05) is 0 Å². The molecule has 3 aromatic heterocycles. The monoisotopic (exact) mass is 471 g/mol. The van der Waals surface area contributed by atoms with Gasteiger partial charge in [-0.05, 0) is 36.8 Å². The van der Waals surface area contributed by atoms with Crippen molar-refractivity contribution in [3.63, 3.8) is 0 Å². The molecule has 2 amide bonds. The summed E-state index contributed by atoms with van der Waals surface area (Å²) in [5.74, 6) is -0.0841. The van der Waals surface area contributed by atoms with Crippen LogP contribution in [0.5, 0.6) is 0 Å². The molecule has 0 bridgehead atoms. The fraction of sp³-hybridized carbons (Fsp3) is 0.150. The summed E-state index contributed by atoms with van der Waals surface area (Å²) in [6.45, 7) is 1.52. The molecule has 0 radical (unpaired) electrons. The Morgan fingerprint density at radius 2 is 1.94 bits per heavy atom. The van der Waals surface area contributed by atoms with Crippen LogP contribution in [0.3, 0.4) is 0 Å². The van der Waals surface area contributed by atoms with Crippen molar-refractivity contribution in [1.82, 2.24) is 30.0 Å². The highest BCUT2D eigenvalue weighted by molar-refractivity contribution is 7.85. The topological polar surface area (TPSA) is 143 Å². The zero-order valence-electron chi connectivity index (χ0n) is 17.5. The molecule has 0 aliphatic carbocycles. The van der Waals surface area contributed by atoms with Crippen molar-refractivity contribution in [3.05, 3.63) is 54.9 Å². The van der Waals surface area contributed by atoms with Gasteiger partial charge in [0, 0.05) is 36.3 Å². The van der Waals surface area contributed by atoms with Crippen LogP contribution in [0.4, 0.5) is 15.1 Å². The Kier molecular flexibility index (Phi) is 5.98. The molecule has 33 heavy (non-hydrogen) atoms. The van der Waals surface area contributed by atoms with E-state index in [9.17, 15) is 17.6 Å². The number of carbonyl (C=O) groups excluding carboxylic acids is 1. The molecule has 11 nitrogen and oxygen atoms in total. The van der Waals surface area contributed by atoms with Gasteiger partial charge in [0.1, 0.15) is 11.3 Å². The molecule has 0 saturated heterocycles. The zero-order valence-corrected chi connectivity index (χ0v) is 18.3. The molecule has 4 aromatic rings. The fourth-order valence-corrected chi connectivity index (χ4v) is 3.58. The van der Waals surface area contributed by atoms with E-state index in [1.165, 1.54) is 12.3 Å². The van der Waals surface area contributed by atoms with Gasteiger partial charge in [0.05, 0.1) is 18.0 Å². The summed E-state index contributed by atoms with van der Waals surface area (Å²) >= 11 is 0.